The summed E-state index contributed by atoms with van der Waals surface area (Å²) in [6.07, 6.45) is 1.46. The lowest BCUT2D eigenvalue weighted by atomic mass is 10.0. The summed E-state index contributed by atoms with van der Waals surface area (Å²) in [7, 11) is -3.84. The number of aryl methyl sites for hydroxylation is 3. The first-order chi connectivity index (χ1) is 15.8. The molecule has 2 aromatic carbocycles. The maximum Gasteiger partial charge on any atom is 0.290 e. The van der Waals surface area contributed by atoms with E-state index in [0.717, 1.165) is 12.0 Å². The molecule has 7 nitrogen and oxygen atoms in total. The Balaban J connectivity index is 1.63. The fraction of sp³-hybridized carbons (Fsp3) is 0.400. The highest BCUT2D eigenvalue weighted by atomic mass is 32.2. The summed E-state index contributed by atoms with van der Waals surface area (Å²) < 4.78 is 40.7. The first-order valence-corrected chi connectivity index (χ1v) is 12.7. The fourth-order valence-electron chi connectivity index (χ4n) is 4.20. The van der Waals surface area contributed by atoms with E-state index in [1.807, 2.05) is 43.3 Å². The van der Waals surface area contributed by atoms with Crippen molar-refractivity contribution in [2.24, 2.45) is 0 Å². The molecule has 4 rings (SSSR count). The minimum Gasteiger partial charge on any atom is -0.449 e. The van der Waals surface area contributed by atoms with Gasteiger partial charge < -0.3 is 14.1 Å². The number of morpholine rings is 1. The molecule has 1 aliphatic rings. The molecule has 0 unspecified atom stereocenters. The molecule has 0 bridgehead atoms. The molecule has 8 heteroatoms. The van der Waals surface area contributed by atoms with Crippen LogP contribution in [0.15, 0.2) is 45.7 Å². The molecule has 176 valence electrons. The van der Waals surface area contributed by atoms with Crippen molar-refractivity contribution < 1.29 is 22.4 Å². The van der Waals surface area contributed by atoms with E-state index in [9.17, 15) is 13.2 Å². The Labute approximate surface area is 194 Å². The number of carbonyl (C=O) groups is 1. The van der Waals surface area contributed by atoms with Crippen molar-refractivity contribution in [3.8, 4) is 0 Å². The van der Waals surface area contributed by atoms with Crippen LogP contribution in [0.5, 0.6) is 0 Å². The highest BCUT2D eigenvalue weighted by Crippen LogP contribution is 2.35. The van der Waals surface area contributed by atoms with Crippen LogP contribution in [0, 0.1) is 20.8 Å². The number of carbonyl (C=O) groups excluding carboxylic acids is 1. The molecule has 1 aromatic heterocycles. The molecule has 1 N–H and O–H groups in total. The molecule has 0 aliphatic carbocycles. The van der Waals surface area contributed by atoms with Gasteiger partial charge in [0.05, 0.1) is 13.2 Å². The third kappa shape index (κ3) is 4.83. The van der Waals surface area contributed by atoms with Crippen LogP contribution in [-0.2, 0) is 21.2 Å². The zero-order chi connectivity index (χ0) is 23.6. The number of nitrogens with zero attached hydrogens (tertiary/aromatic N) is 1. The van der Waals surface area contributed by atoms with Crippen LogP contribution in [0.1, 0.15) is 39.2 Å². The topological polar surface area (TPSA) is 88.9 Å². The lowest BCUT2D eigenvalue weighted by molar-refractivity contribution is 0.0283. The zero-order valence-electron chi connectivity index (χ0n) is 19.3. The predicted molar refractivity (Wildman–Crippen MR) is 127 cm³/mol. The maximum atomic E-state index is 13.3. The van der Waals surface area contributed by atoms with Gasteiger partial charge in [-0.25, -0.2) is 13.1 Å². The minimum atomic E-state index is -3.84. The zero-order valence-corrected chi connectivity index (χ0v) is 20.1. The smallest absolute Gasteiger partial charge is 0.290 e. The Hall–Kier alpha value is -2.68. The molecule has 33 heavy (non-hydrogen) atoms. The molecule has 3 aromatic rings. The Morgan fingerprint density at radius 1 is 1.06 bits per heavy atom. The summed E-state index contributed by atoms with van der Waals surface area (Å²) in [5.74, 6) is -0.0427. The largest absolute Gasteiger partial charge is 0.449 e. The lowest BCUT2D eigenvalue weighted by Crippen LogP contribution is -2.40. The Kier molecular flexibility index (Phi) is 6.88. The van der Waals surface area contributed by atoms with Crippen LogP contribution in [0.3, 0.4) is 0 Å². The Morgan fingerprint density at radius 3 is 2.45 bits per heavy atom. The van der Waals surface area contributed by atoms with Crippen molar-refractivity contribution in [3.05, 3.63) is 64.4 Å². The van der Waals surface area contributed by atoms with E-state index in [4.69, 9.17) is 9.15 Å². The van der Waals surface area contributed by atoms with Crippen molar-refractivity contribution in [1.29, 1.82) is 0 Å². The maximum absolute atomic E-state index is 13.3. The normalized spacial score (nSPS) is 14.7. The average Bonchev–Trinajstić information content (AvgIpc) is 3.13. The van der Waals surface area contributed by atoms with Gasteiger partial charge in [-0.3, -0.25) is 4.79 Å². The second-order valence-electron chi connectivity index (χ2n) is 8.47. The van der Waals surface area contributed by atoms with Crippen LogP contribution in [0.4, 0.5) is 0 Å². The number of furan rings is 1. The van der Waals surface area contributed by atoms with E-state index < -0.39 is 10.0 Å². The molecule has 1 aliphatic heterocycles. The number of hydrogen-bond acceptors (Lipinski definition) is 5. The number of hydrogen-bond donors (Lipinski definition) is 1. The highest BCUT2D eigenvalue weighted by Gasteiger charge is 2.30. The second kappa shape index (κ2) is 9.67. The van der Waals surface area contributed by atoms with Crippen molar-refractivity contribution in [3.63, 3.8) is 0 Å². The fourth-order valence-corrected chi connectivity index (χ4v) is 5.71. The van der Waals surface area contributed by atoms with Gasteiger partial charge in [0, 0.05) is 30.6 Å². The molecule has 0 radical (unpaired) electrons. The summed E-state index contributed by atoms with van der Waals surface area (Å²) in [5.41, 5.74) is 3.52. The summed E-state index contributed by atoms with van der Waals surface area (Å²) in [6.45, 7) is 7.70. The van der Waals surface area contributed by atoms with Gasteiger partial charge >= 0.3 is 0 Å². The highest BCUT2D eigenvalue weighted by molar-refractivity contribution is 7.89. The van der Waals surface area contributed by atoms with Gasteiger partial charge in [-0.05, 0) is 56.4 Å². The summed E-state index contributed by atoms with van der Waals surface area (Å²) >= 11 is 0. The molecule has 1 fully saturated rings. The van der Waals surface area contributed by atoms with Crippen molar-refractivity contribution in [1.82, 2.24) is 9.62 Å². The van der Waals surface area contributed by atoms with E-state index in [0.29, 0.717) is 55.8 Å². The third-order valence-corrected chi connectivity index (χ3v) is 7.84. The van der Waals surface area contributed by atoms with E-state index in [1.165, 1.54) is 5.56 Å². The standard InChI is InChI=1S/C25H30N2O5S/c1-17-16-21-19(3)22(25(28)27-12-14-31-15-13-27)32-23(21)24(18(17)2)33(29,30)26-11-7-10-20-8-5-4-6-9-20/h4-6,8-9,16,26H,7,10-15H2,1-3H3. The molecule has 2 heterocycles. The predicted octanol–water partition coefficient (Wildman–Crippen LogP) is 3.74. The number of amides is 1. The van der Waals surface area contributed by atoms with Crippen LogP contribution in [0.25, 0.3) is 11.0 Å². The molecule has 0 atom stereocenters. The van der Waals surface area contributed by atoms with E-state index >= 15 is 0 Å². The van der Waals surface area contributed by atoms with E-state index in [1.54, 1.807) is 18.7 Å². The van der Waals surface area contributed by atoms with Crippen LogP contribution in [0.2, 0.25) is 0 Å². The van der Waals surface area contributed by atoms with Gasteiger partial charge in [0.15, 0.2) is 11.3 Å². The number of benzene rings is 2. The first-order valence-electron chi connectivity index (χ1n) is 11.2. The molecular formula is C25H30N2O5S. The summed E-state index contributed by atoms with van der Waals surface area (Å²) in [6, 6.07) is 11.9. The van der Waals surface area contributed by atoms with Crippen LogP contribution >= 0.6 is 0 Å². The number of fused-ring (bicyclic) bond motifs is 1. The van der Waals surface area contributed by atoms with Crippen molar-refractivity contribution in [2.75, 3.05) is 32.8 Å². The van der Waals surface area contributed by atoms with Gasteiger partial charge in [-0.15, -0.1) is 0 Å². The minimum absolute atomic E-state index is 0.112. The van der Waals surface area contributed by atoms with Gasteiger partial charge in [0.25, 0.3) is 5.91 Å². The monoisotopic (exact) mass is 470 g/mol. The molecule has 0 spiro atoms. The quantitative estimate of drug-likeness (QED) is 0.532. The second-order valence-corrected chi connectivity index (χ2v) is 10.2. The lowest BCUT2D eigenvalue weighted by Gasteiger charge is -2.26. The molecule has 1 saturated heterocycles. The Bertz CT molecular complexity index is 1260. The average molecular weight is 471 g/mol. The van der Waals surface area contributed by atoms with Crippen molar-refractivity contribution in [2.45, 2.75) is 38.5 Å². The number of ether oxygens (including phenoxy) is 1. The summed E-state index contributed by atoms with van der Waals surface area (Å²) in [4.78, 5) is 14.9. The Morgan fingerprint density at radius 2 is 1.76 bits per heavy atom. The van der Waals surface area contributed by atoms with Gasteiger partial charge in [0.2, 0.25) is 10.0 Å². The third-order valence-electron chi connectivity index (χ3n) is 6.23. The number of nitrogens with one attached hydrogen (secondary N) is 1. The van der Waals surface area contributed by atoms with Crippen molar-refractivity contribution >= 4 is 26.9 Å². The van der Waals surface area contributed by atoms with Gasteiger partial charge in [0.1, 0.15) is 4.90 Å². The number of rotatable bonds is 7. The molecular weight excluding hydrogens is 440 g/mol. The SMILES string of the molecule is Cc1cc2c(C)c(C(=O)N3CCOCC3)oc2c(S(=O)(=O)NCCCc2ccccc2)c1C. The van der Waals surface area contributed by atoms with Gasteiger partial charge in [-0.1, -0.05) is 30.3 Å². The van der Waals surface area contributed by atoms with E-state index in [2.05, 4.69) is 4.72 Å². The van der Waals surface area contributed by atoms with Gasteiger partial charge in [-0.2, -0.15) is 0 Å². The number of sulfonamides is 1. The van der Waals surface area contributed by atoms with E-state index in [-0.39, 0.29) is 22.1 Å². The van der Waals surface area contributed by atoms with Crippen LogP contribution < -0.4 is 4.72 Å². The summed E-state index contributed by atoms with van der Waals surface area (Å²) in [5, 5.41) is 0.652. The molecule has 0 saturated carbocycles. The molecule has 1 amide bonds. The van der Waals surface area contributed by atoms with Crippen LogP contribution in [-0.4, -0.2) is 52.1 Å². The first kappa shape index (κ1) is 23.5.